The smallest absolute Gasteiger partial charge is 0.416 e. The highest BCUT2D eigenvalue weighted by molar-refractivity contribution is 7.92. The average Bonchev–Trinajstić information content (AvgIpc) is 2.86. The van der Waals surface area contributed by atoms with Crippen LogP contribution in [0, 0.1) is 11.6 Å². The van der Waals surface area contributed by atoms with Gasteiger partial charge >= 0.3 is 6.18 Å². The van der Waals surface area contributed by atoms with Crippen LogP contribution in [0.4, 0.5) is 32.0 Å². The van der Waals surface area contributed by atoms with E-state index in [1.165, 1.54) is 18.2 Å². The lowest BCUT2D eigenvalue weighted by atomic mass is 10.0. The highest BCUT2D eigenvalue weighted by Crippen LogP contribution is 2.41. The largest absolute Gasteiger partial charge is 0.484 e. The SMILES string of the molecule is CC(C)(F)C(=O)NC[C@H]1CN(S(=O)(=O)c2cccc(C(F)(F)F)c2)c2cc(-c3cc(F)ccc3F)ccc2O1. The van der Waals surface area contributed by atoms with E-state index in [2.05, 4.69) is 5.32 Å². The minimum Gasteiger partial charge on any atom is -0.484 e. The van der Waals surface area contributed by atoms with Gasteiger partial charge in [-0.3, -0.25) is 9.10 Å². The number of nitrogens with one attached hydrogen (secondary N) is 1. The average molecular weight is 573 g/mol. The highest BCUT2D eigenvalue weighted by Gasteiger charge is 2.38. The summed E-state index contributed by atoms with van der Waals surface area (Å²) in [5.41, 5.74) is -3.69. The quantitative estimate of drug-likeness (QED) is 0.398. The predicted molar refractivity (Wildman–Crippen MR) is 130 cm³/mol. The van der Waals surface area contributed by atoms with E-state index in [4.69, 9.17) is 4.74 Å². The van der Waals surface area contributed by atoms with Crippen molar-refractivity contribution >= 4 is 21.6 Å². The molecule has 1 N–H and O–H groups in total. The number of alkyl halides is 4. The summed E-state index contributed by atoms with van der Waals surface area (Å²) >= 11 is 0. The summed E-state index contributed by atoms with van der Waals surface area (Å²) < 4.78 is 116. The predicted octanol–water partition coefficient (Wildman–Crippen LogP) is 5.47. The van der Waals surface area contributed by atoms with Gasteiger partial charge in [-0.2, -0.15) is 13.2 Å². The summed E-state index contributed by atoms with van der Waals surface area (Å²) in [6, 6.07) is 9.66. The van der Waals surface area contributed by atoms with Crippen molar-refractivity contribution in [3.8, 4) is 16.9 Å². The molecular formula is C26H22F6N2O4S. The van der Waals surface area contributed by atoms with Crippen molar-refractivity contribution in [3.05, 3.63) is 77.9 Å². The molecule has 0 unspecified atom stereocenters. The molecule has 3 aromatic rings. The van der Waals surface area contributed by atoms with E-state index in [1.807, 2.05) is 0 Å². The molecule has 13 heteroatoms. The van der Waals surface area contributed by atoms with Crippen LogP contribution < -0.4 is 14.4 Å². The zero-order valence-corrected chi connectivity index (χ0v) is 21.3. The molecule has 1 aliphatic rings. The highest BCUT2D eigenvalue weighted by atomic mass is 32.2. The molecule has 1 amide bonds. The van der Waals surface area contributed by atoms with Gasteiger partial charge in [-0.1, -0.05) is 12.1 Å². The summed E-state index contributed by atoms with van der Waals surface area (Å²) in [6.45, 7) is 1.22. The maximum Gasteiger partial charge on any atom is 0.416 e. The number of sulfonamides is 1. The van der Waals surface area contributed by atoms with Gasteiger partial charge in [0.05, 0.1) is 29.2 Å². The molecule has 39 heavy (non-hydrogen) atoms. The number of rotatable bonds is 6. The second-order valence-electron chi connectivity index (χ2n) is 9.29. The second-order valence-corrected chi connectivity index (χ2v) is 11.2. The molecule has 6 nitrogen and oxygen atoms in total. The van der Waals surface area contributed by atoms with E-state index in [9.17, 15) is 39.6 Å². The van der Waals surface area contributed by atoms with Crippen molar-refractivity contribution in [2.24, 2.45) is 0 Å². The molecule has 0 bridgehead atoms. The first-order chi connectivity index (χ1) is 18.1. The molecule has 4 rings (SSSR count). The van der Waals surface area contributed by atoms with Gasteiger partial charge in [0, 0.05) is 5.56 Å². The molecule has 0 saturated carbocycles. The van der Waals surface area contributed by atoms with Crippen LogP contribution in [0.15, 0.2) is 65.6 Å². The normalized spacial score (nSPS) is 15.9. The lowest BCUT2D eigenvalue weighted by Crippen LogP contribution is -2.50. The Kier molecular flexibility index (Phi) is 7.32. The van der Waals surface area contributed by atoms with Crippen LogP contribution in [0.1, 0.15) is 19.4 Å². The molecule has 1 aliphatic heterocycles. The van der Waals surface area contributed by atoms with Crippen LogP contribution in [0.3, 0.4) is 0 Å². The zero-order valence-electron chi connectivity index (χ0n) is 20.5. The fourth-order valence-corrected chi connectivity index (χ4v) is 5.45. The Morgan fingerprint density at radius 1 is 1.03 bits per heavy atom. The van der Waals surface area contributed by atoms with Crippen molar-refractivity contribution in [1.29, 1.82) is 0 Å². The summed E-state index contributed by atoms with van der Waals surface area (Å²) in [6.07, 6.45) is -5.89. The van der Waals surface area contributed by atoms with Crippen molar-refractivity contribution in [2.45, 2.75) is 36.7 Å². The Hall–Kier alpha value is -3.74. The van der Waals surface area contributed by atoms with Gasteiger partial charge in [0.2, 0.25) is 0 Å². The number of anilines is 1. The van der Waals surface area contributed by atoms with E-state index in [0.717, 1.165) is 48.5 Å². The molecule has 3 aromatic carbocycles. The van der Waals surface area contributed by atoms with Gasteiger partial charge in [-0.25, -0.2) is 21.6 Å². The molecule has 0 fully saturated rings. The maximum atomic E-state index is 14.5. The Balaban J connectivity index is 1.80. The molecule has 0 aliphatic carbocycles. The van der Waals surface area contributed by atoms with E-state index >= 15 is 0 Å². The monoisotopic (exact) mass is 572 g/mol. The van der Waals surface area contributed by atoms with Crippen LogP contribution >= 0.6 is 0 Å². The van der Waals surface area contributed by atoms with E-state index in [-0.39, 0.29) is 29.1 Å². The lowest BCUT2D eigenvalue weighted by molar-refractivity contribution is -0.137. The van der Waals surface area contributed by atoms with Gasteiger partial charge < -0.3 is 10.1 Å². The lowest BCUT2D eigenvalue weighted by Gasteiger charge is -2.36. The molecule has 0 radical (unpaired) electrons. The summed E-state index contributed by atoms with van der Waals surface area (Å²) in [7, 11) is -4.68. The molecular weight excluding hydrogens is 550 g/mol. The van der Waals surface area contributed by atoms with Gasteiger partial charge in [0.25, 0.3) is 15.9 Å². The Bertz CT molecular complexity index is 1520. The minimum absolute atomic E-state index is 0.0591. The van der Waals surface area contributed by atoms with Crippen molar-refractivity contribution < 1.29 is 44.3 Å². The van der Waals surface area contributed by atoms with E-state index < -0.39 is 62.5 Å². The number of carbonyl (C=O) groups is 1. The topological polar surface area (TPSA) is 75.7 Å². The number of halogens is 6. The van der Waals surface area contributed by atoms with E-state index in [0.29, 0.717) is 12.1 Å². The fraction of sp³-hybridized carbons (Fsp3) is 0.269. The molecule has 1 heterocycles. The van der Waals surface area contributed by atoms with Gasteiger partial charge in [-0.05, 0) is 67.9 Å². The minimum atomic E-state index is -4.82. The van der Waals surface area contributed by atoms with Crippen molar-refractivity contribution in [1.82, 2.24) is 5.32 Å². The van der Waals surface area contributed by atoms with E-state index in [1.54, 1.807) is 0 Å². The van der Waals surface area contributed by atoms with Gasteiger partial charge in [0.15, 0.2) is 5.67 Å². The first kappa shape index (κ1) is 28.3. The Morgan fingerprint density at radius 3 is 2.41 bits per heavy atom. The molecule has 0 aromatic heterocycles. The zero-order chi connectivity index (χ0) is 28.8. The maximum absolute atomic E-state index is 14.5. The third-order valence-electron chi connectivity index (χ3n) is 5.91. The number of ether oxygens (including phenoxy) is 1. The fourth-order valence-electron chi connectivity index (χ4n) is 3.91. The third kappa shape index (κ3) is 5.97. The number of amides is 1. The number of carbonyl (C=O) groups excluding carboxylic acids is 1. The van der Waals surface area contributed by atoms with Crippen LogP contribution in [0.2, 0.25) is 0 Å². The van der Waals surface area contributed by atoms with Crippen molar-refractivity contribution in [2.75, 3.05) is 17.4 Å². The van der Waals surface area contributed by atoms with Gasteiger partial charge in [-0.15, -0.1) is 0 Å². The number of benzene rings is 3. The second kappa shape index (κ2) is 10.1. The first-order valence-corrected chi connectivity index (χ1v) is 12.9. The van der Waals surface area contributed by atoms with Gasteiger partial charge in [0.1, 0.15) is 23.5 Å². The van der Waals surface area contributed by atoms with Crippen LogP contribution in [0.25, 0.3) is 11.1 Å². The van der Waals surface area contributed by atoms with Crippen LogP contribution in [-0.4, -0.2) is 39.2 Å². The van der Waals surface area contributed by atoms with Crippen LogP contribution in [0.5, 0.6) is 5.75 Å². The molecule has 1 atom stereocenters. The summed E-state index contributed by atoms with van der Waals surface area (Å²) in [5.74, 6) is -2.59. The third-order valence-corrected chi connectivity index (χ3v) is 7.69. The molecule has 0 spiro atoms. The van der Waals surface area contributed by atoms with Crippen molar-refractivity contribution in [3.63, 3.8) is 0 Å². The molecule has 0 saturated heterocycles. The molecule has 208 valence electrons. The summed E-state index contributed by atoms with van der Waals surface area (Å²) in [5, 5.41) is 2.31. The number of hydrogen-bond acceptors (Lipinski definition) is 4. The first-order valence-electron chi connectivity index (χ1n) is 11.5. The standard InChI is InChI=1S/C26H22F6N2O4S/c1-25(2,29)24(35)33-13-18-14-34(39(36,37)19-5-3-4-16(11-19)26(30,31)32)22-10-15(6-9-23(22)38-18)20-12-17(27)7-8-21(20)28/h3-12,18H,13-14H2,1-2H3,(H,33,35)/t18-/m0/s1. The number of hydrogen-bond donors (Lipinski definition) is 1. The Labute approximate surface area is 220 Å². The number of fused-ring (bicyclic) bond motifs is 1. The summed E-state index contributed by atoms with van der Waals surface area (Å²) in [4.78, 5) is 11.3. The number of nitrogens with zero attached hydrogens (tertiary/aromatic N) is 1. The Morgan fingerprint density at radius 2 is 1.74 bits per heavy atom. The van der Waals surface area contributed by atoms with Crippen LogP contribution in [-0.2, 0) is 21.0 Å².